The minimum absolute atomic E-state index is 0.0212. The van der Waals surface area contributed by atoms with Crippen LogP contribution in [0.3, 0.4) is 0 Å². The molecule has 78 valence electrons. The van der Waals surface area contributed by atoms with Gasteiger partial charge in [0, 0.05) is 13.0 Å². The highest BCUT2D eigenvalue weighted by Gasteiger charge is 1.95. The van der Waals surface area contributed by atoms with Crippen LogP contribution in [0, 0.1) is 0 Å². The first-order chi connectivity index (χ1) is 6.66. The van der Waals surface area contributed by atoms with Gasteiger partial charge in [0.25, 0.3) is 0 Å². The zero-order valence-electron chi connectivity index (χ0n) is 8.25. The second kappa shape index (κ2) is 8.96. The minimum atomic E-state index is 0.0212. The Morgan fingerprint density at radius 2 is 2.14 bits per heavy atom. The summed E-state index contributed by atoms with van der Waals surface area (Å²) < 4.78 is 9.91. The van der Waals surface area contributed by atoms with E-state index >= 15 is 0 Å². The average Bonchev–Trinajstić information content (AvgIpc) is 2.15. The summed E-state index contributed by atoms with van der Waals surface area (Å²) in [7, 11) is 5.09. The van der Waals surface area contributed by atoms with Crippen LogP contribution in [0.15, 0.2) is 0 Å². The first-order valence-electron chi connectivity index (χ1n) is 4.43. The molecule has 1 amide bonds. The molecule has 0 aliphatic carbocycles. The standard InChI is InChI=1S/C8H14BNO3S/c1-2-7(11)10-3-4-12-5-6-13-8(9)14/h2-6H2,1H3,(H,10,11). The lowest BCUT2D eigenvalue weighted by molar-refractivity contribution is -0.121. The van der Waals surface area contributed by atoms with Crippen molar-refractivity contribution < 1.29 is 14.3 Å². The summed E-state index contributed by atoms with van der Waals surface area (Å²) in [6, 6.07) is 0. The molecule has 0 rings (SSSR count). The molecule has 0 fully saturated rings. The van der Waals surface area contributed by atoms with E-state index in [1.54, 1.807) is 6.92 Å². The van der Waals surface area contributed by atoms with Gasteiger partial charge in [0.05, 0.1) is 18.2 Å². The molecular weight excluding hydrogens is 201 g/mol. The Bertz CT molecular complexity index is 189. The highest BCUT2D eigenvalue weighted by molar-refractivity contribution is 7.82. The van der Waals surface area contributed by atoms with Crippen molar-refractivity contribution >= 4 is 30.9 Å². The summed E-state index contributed by atoms with van der Waals surface area (Å²) >= 11 is 4.49. The fourth-order valence-electron chi connectivity index (χ4n) is 0.691. The molecule has 0 aliphatic heterocycles. The predicted molar refractivity (Wildman–Crippen MR) is 58.4 cm³/mol. The number of carbonyl (C=O) groups is 1. The highest BCUT2D eigenvalue weighted by Crippen LogP contribution is 1.80. The minimum Gasteiger partial charge on any atom is -0.496 e. The van der Waals surface area contributed by atoms with Crippen molar-refractivity contribution in [2.24, 2.45) is 0 Å². The lowest BCUT2D eigenvalue weighted by Gasteiger charge is -2.06. The second-order valence-corrected chi connectivity index (χ2v) is 2.89. The second-order valence-electron chi connectivity index (χ2n) is 2.48. The van der Waals surface area contributed by atoms with Crippen molar-refractivity contribution in [2.75, 3.05) is 26.4 Å². The fourth-order valence-corrected chi connectivity index (χ4v) is 0.774. The Balaban J connectivity index is 3.06. The van der Waals surface area contributed by atoms with Gasteiger partial charge in [-0.2, -0.15) is 0 Å². The third-order valence-corrected chi connectivity index (χ3v) is 1.48. The number of nitrogens with one attached hydrogen (secondary N) is 1. The van der Waals surface area contributed by atoms with Gasteiger partial charge in [-0.25, -0.2) is 0 Å². The monoisotopic (exact) mass is 215 g/mol. The van der Waals surface area contributed by atoms with Crippen LogP contribution >= 0.6 is 12.2 Å². The van der Waals surface area contributed by atoms with Gasteiger partial charge >= 0.3 is 0 Å². The van der Waals surface area contributed by atoms with Crippen LogP contribution < -0.4 is 5.32 Å². The summed E-state index contributed by atoms with van der Waals surface area (Å²) in [5.41, 5.74) is 0. The average molecular weight is 215 g/mol. The van der Waals surface area contributed by atoms with E-state index in [1.807, 2.05) is 0 Å². The van der Waals surface area contributed by atoms with Crippen LogP contribution in [0.4, 0.5) is 0 Å². The first-order valence-corrected chi connectivity index (χ1v) is 4.84. The van der Waals surface area contributed by atoms with Gasteiger partial charge < -0.3 is 14.8 Å². The van der Waals surface area contributed by atoms with Crippen molar-refractivity contribution in [1.29, 1.82) is 0 Å². The zero-order chi connectivity index (χ0) is 10.8. The molecule has 6 heteroatoms. The molecule has 0 unspecified atom stereocenters. The third-order valence-electron chi connectivity index (χ3n) is 1.36. The van der Waals surface area contributed by atoms with E-state index in [0.717, 1.165) is 0 Å². The molecule has 0 aromatic carbocycles. The van der Waals surface area contributed by atoms with Gasteiger partial charge in [-0.3, -0.25) is 4.79 Å². The normalized spacial score (nSPS) is 9.50. The van der Waals surface area contributed by atoms with Crippen molar-refractivity contribution in [3.05, 3.63) is 0 Å². The number of hydrogen-bond acceptors (Lipinski definition) is 4. The molecule has 0 aliphatic rings. The molecular formula is C8H14BNO3S. The van der Waals surface area contributed by atoms with E-state index in [1.165, 1.54) is 0 Å². The Morgan fingerprint density at radius 3 is 2.71 bits per heavy atom. The molecule has 0 aromatic rings. The van der Waals surface area contributed by atoms with Gasteiger partial charge in [-0.15, -0.1) is 0 Å². The summed E-state index contributed by atoms with van der Waals surface area (Å²) in [5, 5.41) is 2.68. The summed E-state index contributed by atoms with van der Waals surface area (Å²) in [5.74, 6) is 0.0213. The van der Waals surface area contributed by atoms with E-state index in [0.29, 0.717) is 32.8 Å². The smallest absolute Gasteiger partial charge is 0.219 e. The molecule has 4 nitrogen and oxygen atoms in total. The van der Waals surface area contributed by atoms with Crippen molar-refractivity contribution in [1.82, 2.24) is 5.32 Å². The number of thiocarbonyl (C=S) groups is 1. The third kappa shape index (κ3) is 9.47. The van der Waals surface area contributed by atoms with E-state index in [-0.39, 0.29) is 10.9 Å². The van der Waals surface area contributed by atoms with Crippen LogP contribution in [-0.2, 0) is 14.3 Å². The van der Waals surface area contributed by atoms with Crippen LogP contribution in [-0.4, -0.2) is 45.1 Å². The van der Waals surface area contributed by atoms with Gasteiger partial charge in [-0.05, 0) is 0 Å². The van der Waals surface area contributed by atoms with Gasteiger partial charge in [0.15, 0.2) is 7.85 Å². The summed E-state index contributed by atoms with van der Waals surface area (Å²) in [6.07, 6.45) is 0.491. The Morgan fingerprint density at radius 1 is 1.43 bits per heavy atom. The molecule has 0 atom stereocenters. The number of hydrogen-bond donors (Lipinski definition) is 1. The Labute approximate surface area is 90.7 Å². The number of carbonyl (C=O) groups excluding carboxylic acids is 1. The van der Waals surface area contributed by atoms with E-state index in [2.05, 4.69) is 17.5 Å². The van der Waals surface area contributed by atoms with Crippen molar-refractivity contribution in [3.63, 3.8) is 0 Å². The topological polar surface area (TPSA) is 47.6 Å². The van der Waals surface area contributed by atoms with E-state index < -0.39 is 0 Å². The number of ether oxygens (including phenoxy) is 2. The molecule has 0 heterocycles. The maximum Gasteiger partial charge on any atom is 0.219 e. The van der Waals surface area contributed by atoms with E-state index in [9.17, 15) is 4.79 Å². The zero-order valence-corrected chi connectivity index (χ0v) is 9.06. The maximum absolute atomic E-state index is 10.8. The van der Waals surface area contributed by atoms with Gasteiger partial charge in [0.1, 0.15) is 6.61 Å². The molecule has 0 saturated heterocycles. The number of amides is 1. The molecule has 0 saturated carbocycles. The fraction of sp³-hybridized carbons (Fsp3) is 0.750. The molecule has 14 heavy (non-hydrogen) atoms. The largest absolute Gasteiger partial charge is 0.496 e. The van der Waals surface area contributed by atoms with Crippen molar-refractivity contribution in [2.45, 2.75) is 13.3 Å². The summed E-state index contributed by atoms with van der Waals surface area (Å²) in [4.78, 5) is 10.8. The molecule has 0 aromatic heterocycles. The lowest BCUT2D eigenvalue weighted by Crippen LogP contribution is -2.26. The van der Waals surface area contributed by atoms with Gasteiger partial charge in [0.2, 0.25) is 5.91 Å². The van der Waals surface area contributed by atoms with Crippen LogP contribution in [0.1, 0.15) is 13.3 Å². The van der Waals surface area contributed by atoms with Crippen LogP contribution in [0.2, 0.25) is 0 Å². The highest BCUT2D eigenvalue weighted by atomic mass is 32.1. The molecule has 1 N–H and O–H groups in total. The maximum atomic E-state index is 10.8. The SMILES string of the molecule is [B]C(=S)OCCOCCNC(=O)CC. The quantitative estimate of drug-likeness (QED) is 0.369. The number of rotatable bonds is 7. The van der Waals surface area contributed by atoms with Crippen LogP contribution in [0.5, 0.6) is 0 Å². The van der Waals surface area contributed by atoms with Crippen molar-refractivity contribution in [3.8, 4) is 0 Å². The lowest BCUT2D eigenvalue weighted by atomic mass is 10.2. The predicted octanol–water partition coefficient (Wildman–Crippen LogP) is -0.000800. The van der Waals surface area contributed by atoms with Gasteiger partial charge in [-0.1, -0.05) is 19.1 Å². The van der Waals surface area contributed by atoms with E-state index in [4.69, 9.17) is 17.3 Å². The first kappa shape index (κ1) is 13.4. The summed E-state index contributed by atoms with van der Waals surface area (Å²) in [6.45, 7) is 3.54. The van der Waals surface area contributed by atoms with Crippen LogP contribution in [0.25, 0.3) is 0 Å². The molecule has 2 radical (unpaired) electrons. The Kier molecular flexibility index (Phi) is 8.57. The Hall–Kier alpha value is -0.615. The molecule has 0 spiro atoms. The molecule has 0 bridgehead atoms.